The molecule has 0 unspecified atom stereocenters. The van der Waals surface area contributed by atoms with Gasteiger partial charge in [0.2, 0.25) is 0 Å². The van der Waals surface area contributed by atoms with Crippen LogP contribution in [0, 0.1) is 0 Å². The van der Waals surface area contributed by atoms with Gasteiger partial charge < -0.3 is 4.90 Å². The summed E-state index contributed by atoms with van der Waals surface area (Å²) in [5.74, 6) is 0. The standard InChI is InChI=1S/C34H29N/c1-34(2,3)24-17-19-26(20-18-24)35(25-11-5-4-6-12-25)27-21-22-32-30-15-8-7-13-28(30)29-14-9-10-16-31(29)33(32)23-27/h4-23H,1-3H3. The Labute approximate surface area is 207 Å². The molecular weight excluding hydrogens is 422 g/mol. The fraction of sp³-hybridized carbons (Fsp3) is 0.118. The molecule has 0 aliphatic carbocycles. The van der Waals surface area contributed by atoms with Crippen LogP contribution < -0.4 is 4.90 Å². The first-order valence-corrected chi connectivity index (χ1v) is 12.3. The number of para-hydroxylation sites is 1. The SMILES string of the molecule is CC(C)(C)c1ccc(N(c2ccccc2)c2ccc3c4ccccc4c4ccccc4c3c2)cc1. The number of anilines is 3. The molecule has 0 saturated heterocycles. The fourth-order valence-corrected chi connectivity index (χ4v) is 5.17. The van der Waals surface area contributed by atoms with E-state index in [1.165, 1.54) is 37.9 Å². The highest BCUT2D eigenvalue weighted by molar-refractivity contribution is 6.25. The molecule has 0 amide bonds. The van der Waals surface area contributed by atoms with Crippen molar-refractivity contribution < 1.29 is 0 Å². The van der Waals surface area contributed by atoms with E-state index in [-0.39, 0.29) is 5.41 Å². The lowest BCUT2D eigenvalue weighted by Crippen LogP contribution is -2.13. The van der Waals surface area contributed by atoms with Crippen LogP contribution in [0.15, 0.2) is 121 Å². The number of nitrogens with zero attached hydrogens (tertiary/aromatic N) is 1. The van der Waals surface area contributed by atoms with E-state index < -0.39 is 0 Å². The van der Waals surface area contributed by atoms with Crippen LogP contribution in [0.4, 0.5) is 17.1 Å². The molecule has 1 heteroatoms. The molecular formula is C34H29N. The molecule has 1 nitrogen and oxygen atoms in total. The average Bonchev–Trinajstić information content (AvgIpc) is 2.89. The molecule has 6 aromatic rings. The van der Waals surface area contributed by atoms with Gasteiger partial charge >= 0.3 is 0 Å². The summed E-state index contributed by atoms with van der Waals surface area (Å²) < 4.78 is 0. The topological polar surface area (TPSA) is 3.24 Å². The quantitative estimate of drug-likeness (QED) is 0.242. The number of hydrogen-bond acceptors (Lipinski definition) is 1. The smallest absolute Gasteiger partial charge is 0.0468 e. The first kappa shape index (κ1) is 21.4. The van der Waals surface area contributed by atoms with E-state index in [1.54, 1.807) is 0 Å². The number of rotatable bonds is 3. The molecule has 170 valence electrons. The molecule has 0 saturated carbocycles. The van der Waals surface area contributed by atoms with E-state index in [4.69, 9.17) is 0 Å². The maximum Gasteiger partial charge on any atom is 0.0468 e. The van der Waals surface area contributed by atoms with Crippen molar-refractivity contribution in [3.8, 4) is 0 Å². The molecule has 0 bridgehead atoms. The molecule has 35 heavy (non-hydrogen) atoms. The van der Waals surface area contributed by atoms with Crippen LogP contribution in [0.25, 0.3) is 32.3 Å². The summed E-state index contributed by atoms with van der Waals surface area (Å²) in [5, 5.41) is 7.77. The van der Waals surface area contributed by atoms with Crippen LogP contribution in [0.3, 0.4) is 0 Å². The second-order valence-corrected chi connectivity index (χ2v) is 10.3. The van der Waals surface area contributed by atoms with Gasteiger partial charge in [-0.15, -0.1) is 0 Å². The Hall–Kier alpha value is -4.10. The van der Waals surface area contributed by atoms with E-state index >= 15 is 0 Å². The van der Waals surface area contributed by atoms with Crippen molar-refractivity contribution >= 4 is 49.4 Å². The first-order chi connectivity index (χ1) is 17.0. The Morgan fingerprint density at radius 2 is 0.829 bits per heavy atom. The predicted octanol–water partition coefficient (Wildman–Crippen LogP) is 9.91. The number of benzene rings is 6. The fourth-order valence-electron chi connectivity index (χ4n) is 5.17. The van der Waals surface area contributed by atoms with Crippen molar-refractivity contribution in [2.75, 3.05) is 4.90 Å². The lowest BCUT2D eigenvalue weighted by atomic mass is 9.87. The molecule has 0 aliphatic heterocycles. The van der Waals surface area contributed by atoms with E-state index in [1.807, 2.05) is 0 Å². The Morgan fingerprint density at radius 1 is 0.400 bits per heavy atom. The van der Waals surface area contributed by atoms with Crippen LogP contribution in [0.2, 0.25) is 0 Å². The van der Waals surface area contributed by atoms with Crippen molar-refractivity contribution in [3.05, 3.63) is 127 Å². The third kappa shape index (κ3) is 3.74. The molecule has 6 rings (SSSR count). The maximum absolute atomic E-state index is 2.36. The van der Waals surface area contributed by atoms with Crippen molar-refractivity contribution in [2.24, 2.45) is 0 Å². The van der Waals surface area contributed by atoms with Gasteiger partial charge in [-0.25, -0.2) is 0 Å². The Balaban J connectivity index is 1.61. The molecule has 0 aromatic heterocycles. The maximum atomic E-state index is 2.36. The van der Waals surface area contributed by atoms with Gasteiger partial charge in [0.05, 0.1) is 0 Å². The molecule has 0 fully saturated rings. The van der Waals surface area contributed by atoms with Gasteiger partial charge in [0.1, 0.15) is 0 Å². The van der Waals surface area contributed by atoms with Gasteiger partial charge in [-0.1, -0.05) is 106 Å². The van der Waals surface area contributed by atoms with E-state index in [9.17, 15) is 0 Å². The zero-order valence-electron chi connectivity index (χ0n) is 20.5. The summed E-state index contributed by atoms with van der Waals surface area (Å²) in [6.45, 7) is 6.78. The Kier molecular flexibility index (Phi) is 5.07. The van der Waals surface area contributed by atoms with Crippen LogP contribution >= 0.6 is 0 Å². The summed E-state index contributed by atoms with van der Waals surface area (Å²) >= 11 is 0. The van der Waals surface area contributed by atoms with Crippen LogP contribution in [0.1, 0.15) is 26.3 Å². The highest BCUT2D eigenvalue weighted by Gasteiger charge is 2.17. The minimum Gasteiger partial charge on any atom is -0.310 e. The summed E-state index contributed by atoms with van der Waals surface area (Å²) in [7, 11) is 0. The van der Waals surface area contributed by atoms with E-state index in [2.05, 4.69) is 147 Å². The molecule has 0 spiro atoms. The lowest BCUT2D eigenvalue weighted by Gasteiger charge is -2.27. The average molecular weight is 452 g/mol. The number of fused-ring (bicyclic) bond motifs is 6. The second-order valence-electron chi connectivity index (χ2n) is 10.3. The lowest BCUT2D eigenvalue weighted by molar-refractivity contribution is 0.590. The van der Waals surface area contributed by atoms with E-state index in [0.29, 0.717) is 0 Å². The zero-order valence-corrected chi connectivity index (χ0v) is 20.5. The normalized spacial score (nSPS) is 11.9. The second kappa shape index (κ2) is 8.29. The van der Waals surface area contributed by atoms with Gasteiger partial charge in [0.25, 0.3) is 0 Å². The summed E-state index contributed by atoms with van der Waals surface area (Å²) in [6.07, 6.45) is 0. The van der Waals surface area contributed by atoms with Gasteiger partial charge in [-0.2, -0.15) is 0 Å². The van der Waals surface area contributed by atoms with E-state index in [0.717, 1.165) is 17.1 Å². The summed E-state index contributed by atoms with van der Waals surface area (Å²) in [4.78, 5) is 2.36. The van der Waals surface area contributed by atoms with Gasteiger partial charge in [-0.3, -0.25) is 0 Å². The van der Waals surface area contributed by atoms with Gasteiger partial charge in [0, 0.05) is 17.1 Å². The Morgan fingerprint density at radius 3 is 1.37 bits per heavy atom. The monoisotopic (exact) mass is 451 g/mol. The third-order valence-corrected chi connectivity index (χ3v) is 6.99. The highest BCUT2D eigenvalue weighted by atomic mass is 15.1. The molecule has 0 aliphatic rings. The van der Waals surface area contributed by atoms with Gasteiger partial charge in [0.15, 0.2) is 0 Å². The first-order valence-electron chi connectivity index (χ1n) is 12.3. The number of hydrogen-bond donors (Lipinski definition) is 0. The minimum atomic E-state index is 0.124. The molecule has 0 N–H and O–H groups in total. The van der Waals surface area contributed by atoms with Crippen molar-refractivity contribution in [3.63, 3.8) is 0 Å². The molecule has 0 atom stereocenters. The van der Waals surface area contributed by atoms with Crippen molar-refractivity contribution in [1.82, 2.24) is 0 Å². The largest absolute Gasteiger partial charge is 0.310 e. The Bertz CT molecular complexity index is 1620. The van der Waals surface area contributed by atoms with Crippen LogP contribution in [0.5, 0.6) is 0 Å². The minimum absolute atomic E-state index is 0.124. The summed E-state index contributed by atoms with van der Waals surface area (Å²) in [6, 6.07) is 44.1. The zero-order chi connectivity index (χ0) is 24.0. The molecule has 0 heterocycles. The summed E-state index contributed by atoms with van der Waals surface area (Å²) in [5.41, 5.74) is 4.94. The van der Waals surface area contributed by atoms with Crippen molar-refractivity contribution in [2.45, 2.75) is 26.2 Å². The molecule has 6 aromatic carbocycles. The highest BCUT2D eigenvalue weighted by Crippen LogP contribution is 2.40. The van der Waals surface area contributed by atoms with Crippen molar-refractivity contribution in [1.29, 1.82) is 0 Å². The van der Waals surface area contributed by atoms with Crippen LogP contribution in [-0.2, 0) is 5.41 Å². The predicted molar refractivity (Wildman–Crippen MR) is 152 cm³/mol. The third-order valence-electron chi connectivity index (χ3n) is 6.99. The van der Waals surface area contributed by atoms with Gasteiger partial charge in [-0.05, 0) is 79.7 Å². The molecule has 0 radical (unpaired) electrons. The van der Waals surface area contributed by atoms with Crippen LogP contribution in [-0.4, -0.2) is 0 Å².